The molecule has 1 aliphatic rings. The molecule has 1 heterocycles. The third kappa shape index (κ3) is 3.97. The van der Waals surface area contributed by atoms with Crippen LogP contribution >= 0.6 is 0 Å². The van der Waals surface area contributed by atoms with Crippen molar-refractivity contribution in [2.24, 2.45) is 0 Å². The largest absolute Gasteiger partial charge is 0.507 e. The molecule has 4 rings (SSSR count). The highest BCUT2D eigenvalue weighted by Crippen LogP contribution is 2.40. The number of nitrogens with zero attached hydrogens (tertiary/aromatic N) is 1. The van der Waals surface area contributed by atoms with Crippen molar-refractivity contribution in [3.05, 3.63) is 112 Å². The first-order valence-electron chi connectivity index (χ1n) is 9.70. The minimum absolute atomic E-state index is 0.0254. The maximum Gasteiger partial charge on any atom is 0.295 e. The van der Waals surface area contributed by atoms with Gasteiger partial charge in [-0.05, 0) is 42.3 Å². The van der Waals surface area contributed by atoms with Gasteiger partial charge in [-0.15, -0.1) is 0 Å². The van der Waals surface area contributed by atoms with E-state index in [-0.39, 0.29) is 17.9 Å². The van der Waals surface area contributed by atoms with Gasteiger partial charge in [-0.25, -0.2) is 8.78 Å². The molecular formula is C25H19F2NO3. The molecule has 0 saturated carbocycles. The Kier molecular flexibility index (Phi) is 5.38. The molecular weight excluding hydrogens is 400 g/mol. The zero-order valence-corrected chi connectivity index (χ0v) is 16.7. The Morgan fingerprint density at radius 2 is 1.42 bits per heavy atom. The van der Waals surface area contributed by atoms with E-state index in [1.165, 1.54) is 53.4 Å². The number of rotatable bonds is 4. The van der Waals surface area contributed by atoms with E-state index in [0.29, 0.717) is 16.7 Å². The van der Waals surface area contributed by atoms with E-state index in [1.54, 1.807) is 24.3 Å². The van der Waals surface area contributed by atoms with Gasteiger partial charge in [0.1, 0.15) is 17.4 Å². The summed E-state index contributed by atoms with van der Waals surface area (Å²) in [6.45, 7) is 1.92. The molecule has 4 nitrogen and oxygen atoms in total. The van der Waals surface area contributed by atoms with Gasteiger partial charge in [0.2, 0.25) is 0 Å². The van der Waals surface area contributed by atoms with Gasteiger partial charge in [0.25, 0.3) is 11.7 Å². The van der Waals surface area contributed by atoms with E-state index in [4.69, 9.17) is 0 Å². The average Bonchev–Trinajstić information content (AvgIpc) is 3.01. The van der Waals surface area contributed by atoms with Crippen LogP contribution in [0.2, 0.25) is 0 Å². The smallest absolute Gasteiger partial charge is 0.295 e. The van der Waals surface area contributed by atoms with Crippen molar-refractivity contribution in [3.8, 4) is 0 Å². The van der Waals surface area contributed by atoms with Gasteiger partial charge < -0.3 is 10.0 Å². The summed E-state index contributed by atoms with van der Waals surface area (Å²) in [6, 6.07) is 17.0. The Hall–Kier alpha value is -3.80. The number of Topliss-reactive ketones (excluding diaryl/α,β-unsaturated/α-hetero) is 1. The zero-order valence-electron chi connectivity index (χ0n) is 16.7. The molecule has 1 amide bonds. The first kappa shape index (κ1) is 20.5. The molecule has 1 unspecified atom stereocenters. The predicted molar refractivity (Wildman–Crippen MR) is 112 cm³/mol. The van der Waals surface area contributed by atoms with E-state index in [9.17, 15) is 23.5 Å². The number of carbonyl (C=O) groups is 2. The van der Waals surface area contributed by atoms with Crippen molar-refractivity contribution in [2.75, 3.05) is 0 Å². The second-order valence-corrected chi connectivity index (χ2v) is 7.47. The fourth-order valence-corrected chi connectivity index (χ4v) is 3.69. The number of hydrogen-bond donors (Lipinski definition) is 1. The van der Waals surface area contributed by atoms with Crippen LogP contribution in [0.4, 0.5) is 8.78 Å². The number of amides is 1. The van der Waals surface area contributed by atoms with E-state index >= 15 is 0 Å². The molecule has 1 saturated heterocycles. The van der Waals surface area contributed by atoms with E-state index < -0.39 is 29.4 Å². The average molecular weight is 419 g/mol. The van der Waals surface area contributed by atoms with Crippen molar-refractivity contribution in [2.45, 2.75) is 19.5 Å². The molecule has 3 aromatic rings. The van der Waals surface area contributed by atoms with Crippen molar-refractivity contribution in [3.63, 3.8) is 0 Å². The van der Waals surface area contributed by atoms with Crippen LogP contribution in [0.15, 0.2) is 78.4 Å². The highest BCUT2D eigenvalue weighted by atomic mass is 19.1. The van der Waals surface area contributed by atoms with Crippen LogP contribution < -0.4 is 0 Å². The van der Waals surface area contributed by atoms with Crippen LogP contribution in [0.25, 0.3) is 5.76 Å². The first-order valence-corrected chi connectivity index (χ1v) is 9.70. The number of hydrogen-bond acceptors (Lipinski definition) is 3. The Balaban J connectivity index is 1.84. The molecule has 0 bridgehead atoms. The minimum atomic E-state index is -0.910. The van der Waals surface area contributed by atoms with Gasteiger partial charge >= 0.3 is 0 Å². The van der Waals surface area contributed by atoms with E-state index in [1.807, 2.05) is 6.92 Å². The monoisotopic (exact) mass is 419 g/mol. The number of aliphatic hydroxyl groups excluding tert-OH is 1. The zero-order chi connectivity index (χ0) is 22.1. The summed E-state index contributed by atoms with van der Waals surface area (Å²) in [5.74, 6) is -2.78. The summed E-state index contributed by atoms with van der Waals surface area (Å²) in [4.78, 5) is 27.2. The lowest BCUT2D eigenvalue weighted by atomic mass is 9.95. The number of benzene rings is 3. The molecule has 0 spiro atoms. The van der Waals surface area contributed by atoms with Crippen molar-refractivity contribution < 1.29 is 23.5 Å². The second-order valence-electron chi connectivity index (χ2n) is 7.47. The number of ketones is 1. The molecule has 6 heteroatoms. The van der Waals surface area contributed by atoms with Gasteiger partial charge in [-0.3, -0.25) is 9.59 Å². The minimum Gasteiger partial charge on any atom is -0.507 e. The van der Waals surface area contributed by atoms with Crippen LogP contribution in [0.3, 0.4) is 0 Å². The lowest BCUT2D eigenvalue weighted by Crippen LogP contribution is -2.29. The number of halogens is 2. The second kappa shape index (κ2) is 8.14. The van der Waals surface area contributed by atoms with Crippen LogP contribution in [0.5, 0.6) is 0 Å². The fourth-order valence-electron chi connectivity index (χ4n) is 3.69. The van der Waals surface area contributed by atoms with Gasteiger partial charge in [0.05, 0.1) is 11.6 Å². The van der Waals surface area contributed by atoms with Crippen LogP contribution in [0, 0.1) is 18.6 Å². The summed E-state index contributed by atoms with van der Waals surface area (Å²) >= 11 is 0. The Bertz CT molecular complexity index is 1170. The molecule has 3 aromatic carbocycles. The van der Waals surface area contributed by atoms with E-state index in [2.05, 4.69) is 0 Å². The summed E-state index contributed by atoms with van der Waals surface area (Å²) in [6.07, 6.45) is 0. The molecule has 156 valence electrons. The van der Waals surface area contributed by atoms with Crippen molar-refractivity contribution in [1.29, 1.82) is 0 Å². The summed E-state index contributed by atoms with van der Waals surface area (Å²) in [5.41, 5.74) is 2.41. The highest BCUT2D eigenvalue weighted by molar-refractivity contribution is 6.46. The maximum atomic E-state index is 13.5. The van der Waals surface area contributed by atoms with Gasteiger partial charge in [-0.1, -0.05) is 54.1 Å². The van der Waals surface area contributed by atoms with Crippen LogP contribution in [-0.4, -0.2) is 21.7 Å². The molecule has 0 radical (unpaired) electrons. The number of aliphatic hydroxyl groups is 1. The molecule has 1 atom stereocenters. The molecule has 1 aliphatic heterocycles. The number of aryl methyl sites for hydroxylation is 1. The lowest BCUT2D eigenvalue weighted by molar-refractivity contribution is -0.140. The topological polar surface area (TPSA) is 57.6 Å². The number of carbonyl (C=O) groups excluding carboxylic acids is 2. The Morgan fingerprint density at radius 1 is 0.871 bits per heavy atom. The highest BCUT2D eigenvalue weighted by Gasteiger charge is 2.46. The fraction of sp³-hybridized carbons (Fsp3) is 0.120. The van der Waals surface area contributed by atoms with Gasteiger partial charge in [0, 0.05) is 12.1 Å². The summed E-state index contributed by atoms with van der Waals surface area (Å²) in [5, 5.41) is 11.0. The normalized spacial score (nSPS) is 17.9. The molecule has 1 N–H and O–H groups in total. The van der Waals surface area contributed by atoms with Crippen LogP contribution in [-0.2, 0) is 16.1 Å². The third-order valence-electron chi connectivity index (χ3n) is 5.32. The predicted octanol–water partition coefficient (Wildman–Crippen LogP) is 4.90. The molecule has 1 fully saturated rings. The summed E-state index contributed by atoms with van der Waals surface area (Å²) < 4.78 is 26.8. The van der Waals surface area contributed by atoms with Crippen LogP contribution in [0.1, 0.15) is 28.3 Å². The van der Waals surface area contributed by atoms with E-state index in [0.717, 1.165) is 5.56 Å². The standard InChI is InChI=1S/C25H19F2NO3/c1-15-2-6-18(7-3-15)23(29)21-22(17-8-12-20(27)13-9-17)28(25(31)24(21)30)14-16-4-10-19(26)11-5-16/h2-13,22,29H,14H2,1H3/b23-21-. The molecule has 0 aliphatic carbocycles. The lowest BCUT2D eigenvalue weighted by Gasteiger charge is -2.25. The molecule has 0 aromatic heterocycles. The van der Waals surface area contributed by atoms with Gasteiger partial charge in [-0.2, -0.15) is 0 Å². The Morgan fingerprint density at radius 3 is 2.00 bits per heavy atom. The maximum absolute atomic E-state index is 13.5. The first-order chi connectivity index (χ1) is 14.8. The third-order valence-corrected chi connectivity index (χ3v) is 5.32. The summed E-state index contributed by atoms with van der Waals surface area (Å²) in [7, 11) is 0. The van der Waals surface area contributed by atoms with Gasteiger partial charge in [0.15, 0.2) is 0 Å². The molecule has 31 heavy (non-hydrogen) atoms. The quantitative estimate of drug-likeness (QED) is 0.372. The SMILES string of the molecule is Cc1ccc(/C(O)=C2/C(=O)C(=O)N(Cc3ccc(F)cc3)C2c2ccc(F)cc2)cc1. The van der Waals surface area contributed by atoms with Crippen molar-refractivity contribution >= 4 is 17.4 Å². The van der Waals surface area contributed by atoms with Crippen molar-refractivity contribution in [1.82, 2.24) is 4.90 Å². The number of likely N-dealkylation sites (tertiary alicyclic amines) is 1. The Labute approximate surface area is 178 Å².